The Kier molecular flexibility index (Phi) is 5.43. The van der Waals surface area contributed by atoms with Gasteiger partial charge in [0.25, 0.3) is 5.91 Å². The van der Waals surface area contributed by atoms with Crippen LogP contribution in [0.25, 0.3) is 0 Å². The molecule has 142 valence electrons. The number of aliphatic hydroxyl groups excluding tert-OH is 1. The lowest BCUT2D eigenvalue weighted by Gasteiger charge is -2.28. The van der Waals surface area contributed by atoms with E-state index in [0.717, 1.165) is 42.9 Å². The summed E-state index contributed by atoms with van der Waals surface area (Å²) in [6, 6.07) is 1.52. The molecule has 1 amide bonds. The molecule has 8 nitrogen and oxygen atoms in total. The summed E-state index contributed by atoms with van der Waals surface area (Å²) in [6.07, 6.45) is 1.33. The van der Waals surface area contributed by atoms with Gasteiger partial charge in [0.2, 0.25) is 0 Å². The number of aliphatic hydroxyl groups is 1. The second kappa shape index (κ2) is 7.59. The summed E-state index contributed by atoms with van der Waals surface area (Å²) in [5.41, 5.74) is 3.24. The lowest BCUT2D eigenvalue weighted by atomic mass is 10.1. The van der Waals surface area contributed by atoms with Crippen molar-refractivity contribution in [2.24, 2.45) is 7.05 Å². The average molecular weight is 361 g/mol. The van der Waals surface area contributed by atoms with Crippen LogP contribution in [0, 0.1) is 13.8 Å². The molecule has 0 unspecified atom stereocenters. The van der Waals surface area contributed by atoms with Gasteiger partial charge in [0.15, 0.2) is 11.5 Å². The zero-order chi connectivity index (χ0) is 18.8. The van der Waals surface area contributed by atoms with Crippen molar-refractivity contribution in [3.05, 3.63) is 34.5 Å². The Hall–Kier alpha value is -2.19. The van der Waals surface area contributed by atoms with E-state index in [-0.39, 0.29) is 23.7 Å². The zero-order valence-electron chi connectivity index (χ0n) is 15.8. The van der Waals surface area contributed by atoms with Crippen LogP contribution in [0.4, 0.5) is 0 Å². The summed E-state index contributed by atoms with van der Waals surface area (Å²) < 4.78 is 7.14. The van der Waals surface area contributed by atoms with Crippen molar-refractivity contribution in [1.29, 1.82) is 0 Å². The normalized spacial score (nSPS) is 17.4. The largest absolute Gasteiger partial charge is 0.393 e. The van der Waals surface area contributed by atoms with E-state index in [9.17, 15) is 9.90 Å². The van der Waals surface area contributed by atoms with Gasteiger partial charge >= 0.3 is 0 Å². The van der Waals surface area contributed by atoms with E-state index in [0.29, 0.717) is 12.3 Å². The van der Waals surface area contributed by atoms with Crippen molar-refractivity contribution < 1.29 is 14.4 Å². The Labute approximate surface area is 153 Å². The molecular weight excluding hydrogens is 334 g/mol. The summed E-state index contributed by atoms with van der Waals surface area (Å²) in [5.74, 6) is 0.400. The molecule has 2 N–H and O–H groups in total. The fraction of sp³-hybridized carbons (Fsp3) is 0.611. The predicted octanol–water partition coefficient (Wildman–Crippen LogP) is 1.47. The highest BCUT2D eigenvalue weighted by molar-refractivity contribution is 5.92. The number of piperidine rings is 1. The minimum absolute atomic E-state index is 0.167. The average Bonchev–Trinajstić information content (AvgIpc) is 3.14. The van der Waals surface area contributed by atoms with Crippen molar-refractivity contribution >= 4 is 5.91 Å². The molecule has 1 atom stereocenters. The maximum Gasteiger partial charge on any atom is 0.273 e. The van der Waals surface area contributed by atoms with Crippen molar-refractivity contribution in [2.45, 2.75) is 52.3 Å². The van der Waals surface area contributed by atoms with Gasteiger partial charge in [-0.15, -0.1) is 0 Å². The molecular formula is C18H27N5O3. The first-order chi connectivity index (χ1) is 12.3. The summed E-state index contributed by atoms with van der Waals surface area (Å²) in [7, 11) is 1.89. The van der Waals surface area contributed by atoms with E-state index < -0.39 is 0 Å². The number of amides is 1. The molecule has 1 aliphatic heterocycles. The zero-order valence-corrected chi connectivity index (χ0v) is 15.8. The first-order valence-corrected chi connectivity index (χ1v) is 9.02. The number of nitrogens with one attached hydrogen (secondary N) is 1. The first kappa shape index (κ1) is 18.6. The van der Waals surface area contributed by atoms with Crippen LogP contribution in [0.15, 0.2) is 10.6 Å². The van der Waals surface area contributed by atoms with Crippen LogP contribution in [0.5, 0.6) is 0 Å². The molecule has 8 heteroatoms. The molecule has 0 saturated carbocycles. The maximum atomic E-state index is 12.5. The number of carbonyl (C=O) groups excluding carboxylic acids is 1. The van der Waals surface area contributed by atoms with E-state index in [4.69, 9.17) is 4.52 Å². The molecule has 0 aliphatic carbocycles. The second-order valence-corrected chi connectivity index (χ2v) is 7.09. The first-order valence-electron chi connectivity index (χ1n) is 9.02. The minimum Gasteiger partial charge on any atom is -0.393 e. The summed E-state index contributed by atoms with van der Waals surface area (Å²) in [6.45, 7) is 8.11. The number of aryl methyl sites for hydroxylation is 2. The molecule has 2 aromatic heterocycles. The molecule has 0 aromatic carbocycles. The molecule has 0 radical (unpaired) electrons. The van der Waals surface area contributed by atoms with Crippen molar-refractivity contribution in [2.75, 3.05) is 13.1 Å². The molecule has 0 spiro atoms. The van der Waals surface area contributed by atoms with E-state index >= 15 is 0 Å². The van der Waals surface area contributed by atoms with Gasteiger partial charge in [0.05, 0.1) is 24.4 Å². The van der Waals surface area contributed by atoms with Crippen LogP contribution >= 0.6 is 0 Å². The summed E-state index contributed by atoms with van der Waals surface area (Å²) in [4.78, 5) is 14.7. The lowest BCUT2D eigenvalue weighted by Crippen LogP contribution is -2.35. The van der Waals surface area contributed by atoms with Crippen molar-refractivity contribution in [1.82, 2.24) is 25.2 Å². The summed E-state index contributed by atoms with van der Waals surface area (Å²) >= 11 is 0. The molecule has 3 rings (SSSR count). The van der Waals surface area contributed by atoms with E-state index in [2.05, 4.69) is 20.5 Å². The van der Waals surface area contributed by atoms with Gasteiger partial charge in [0, 0.05) is 37.5 Å². The third-order valence-electron chi connectivity index (χ3n) is 5.07. The Bertz CT molecular complexity index is 774. The molecule has 1 fully saturated rings. The SMILES string of the molecule is Cc1nn(C)c(C)c1[C@H](C)NC(=O)c1cc(CN2CCC(O)CC2)on1. The number of nitrogens with zero attached hydrogens (tertiary/aromatic N) is 4. The lowest BCUT2D eigenvalue weighted by molar-refractivity contribution is 0.0748. The number of likely N-dealkylation sites (tertiary alicyclic amines) is 1. The smallest absolute Gasteiger partial charge is 0.273 e. The van der Waals surface area contributed by atoms with Crippen LogP contribution in [0.1, 0.15) is 59.0 Å². The number of aromatic nitrogens is 3. The van der Waals surface area contributed by atoms with Gasteiger partial charge < -0.3 is 14.9 Å². The maximum absolute atomic E-state index is 12.5. The molecule has 3 heterocycles. The van der Waals surface area contributed by atoms with Crippen LogP contribution in [0.3, 0.4) is 0 Å². The highest BCUT2D eigenvalue weighted by atomic mass is 16.5. The Morgan fingerprint density at radius 3 is 2.73 bits per heavy atom. The fourth-order valence-corrected chi connectivity index (χ4v) is 3.55. The highest BCUT2D eigenvalue weighted by Crippen LogP contribution is 2.21. The van der Waals surface area contributed by atoms with Gasteiger partial charge in [-0.25, -0.2) is 0 Å². The topological polar surface area (TPSA) is 96.4 Å². The van der Waals surface area contributed by atoms with Gasteiger partial charge in [-0.1, -0.05) is 5.16 Å². The number of hydrogen-bond donors (Lipinski definition) is 2. The van der Waals surface area contributed by atoms with Crippen molar-refractivity contribution in [3.8, 4) is 0 Å². The van der Waals surface area contributed by atoms with Gasteiger partial charge in [-0.05, 0) is 33.6 Å². The third kappa shape index (κ3) is 3.96. The fourth-order valence-electron chi connectivity index (χ4n) is 3.55. The molecule has 26 heavy (non-hydrogen) atoms. The van der Waals surface area contributed by atoms with Crippen LogP contribution in [0.2, 0.25) is 0 Å². The predicted molar refractivity (Wildman–Crippen MR) is 95.6 cm³/mol. The Morgan fingerprint density at radius 1 is 1.42 bits per heavy atom. The number of rotatable bonds is 5. The Balaban J connectivity index is 1.61. The van der Waals surface area contributed by atoms with E-state index in [1.807, 2.05) is 32.5 Å². The molecule has 2 aromatic rings. The monoisotopic (exact) mass is 361 g/mol. The standard InChI is InChI=1S/C18H27N5O3/c1-11(17-12(2)20-22(4)13(17)3)19-18(25)16-9-15(26-21-16)10-23-7-5-14(24)6-8-23/h9,11,14,24H,5-8,10H2,1-4H3,(H,19,25)/t11-/m0/s1. The Morgan fingerprint density at radius 2 is 2.12 bits per heavy atom. The second-order valence-electron chi connectivity index (χ2n) is 7.09. The molecule has 1 aliphatic rings. The number of carbonyl (C=O) groups is 1. The summed E-state index contributed by atoms with van der Waals surface area (Å²) in [5, 5.41) is 20.8. The molecule has 0 bridgehead atoms. The molecule has 1 saturated heterocycles. The quantitative estimate of drug-likeness (QED) is 0.837. The van der Waals surface area contributed by atoms with Gasteiger partial charge in [-0.2, -0.15) is 5.10 Å². The van der Waals surface area contributed by atoms with Crippen LogP contribution < -0.4 is 5.32 Å². The third-order valence-corrected chi connectivity index (χ3v) is 5.07. The van der Waals surface area contributed by atoms with Crippen LogP contribution in [-0.4, -0.2) is 50.0 Å². The van der Waals surface area contributed by atoms with E-state index in [1.54, 1.807) is 6.07 Å². The highest BCUT2D eigenvalue weighted by Gasteiger charge is 2.22. The van der Waals surface area contributed by atoms with Gasteiger partial charge in [0.1, 0.15) is 0 Å². The van der Waals surface area contributed by atoms with E-state index in [1.165, 1.54) is 0 Å². The minimum atomic E-state index is -0.260. The van der Waals surface area contributed by atoms with Gasteiger partial charge in [-0.3, -0.25) is 14.4 Å². The van der Waals surface area contributed by atoms with Crippen molar-refractivity contribution in [3.63, 3.8) is 0 Å². The van der Waals surface area contributed by atoms with Crippen LogP contribution in [-0.2, 0) is 13.6 Å². The number of hydrogen-bond acceptors (Lipinski definition) is 6.